The van der Waals surface area contributed by atoms with Gasteiger partial charge in [-0.1, -0.05) is 6.07 Å². The molecule has 2 heterocycles. The molecular weight excluding hydrogens is 206 g/mol. The largest absolute Gasteiger partial charge is 0.352 e. The zero-order valence-electron chi connectivity index (χ0n) is 9.19. The van der Waals surface area contributed by atoms with Crippen LogP contribution in [0.2, 0.25) is 0 Å². The molecule has 0 radical (unpaired) electrons. The molecule has 0 aromatic carbocycles. The molecule has 0 bridgehead atoms. The fraction of sp³-hybridized carbons (Fsp3) is 0.455. The average Bonchev–Trinajstić information content (AvgIpc) is 2.43. The van der Waals surface area contributed by atoms with Gasteiger partial charge < -0.3 is 10.2 Å². The number of nitrogens with zero attached hydrogens (tertiary/aromatic N) is 2. The zero-order chi connectivity index (χ0) is 11.1. The van der Waals surface area contributed by atoms with Gasteiger partial charge in [-0.25, -0.2) is 0 Å². The Morgan fingerprint density at radius 3 is 2.67 bits per heavy atom. The molecule has 1 atom stereocenters. The third kappa shape index (κ3) is 1.59. The van der Waals surface area contributed by atoms with Gasteiger partial charge in [-0.15, -0.1) is 0 Å². The van der Waals surface area contributed by atoms with E-state index >= 15 is 0 Å². The summed E-state index contributed by atoms with van der Waals surface area (Å²) in [4.78, 5) is 6.46. The van der Waals surface area contributed by atoms with E-state index in [1.807, 2.05) is 31.4 Å². The van der Waals surface area contributed by atoms with E-state index < -0.39 is 0 Å². The molecule has 0 unspecified atom stereocenters. The molecule has 4 heteroatoms. The predicted octanol–water partition coefficient (Wildman–Crippen LogP) is 1.72. The highest BCUT2D eigenvalue weighted by molar-refractivity contribution is 7.80. The first-order valence-electron chi connectivity index (χ1n) is 4.99. The summed E-state index contributed by atoms with van der Waals surface area (Å²) in [5.74, 6) is 0. The van der Waals surface area contributed by atoms with Gasteiger partial charge in [-0.2, -0.15) is 0 Å². The molecule has 15 heavy (non-hydrogen) atoms. The molecule has 0 saturated carbocycles. The summed E-state index contributed by atoms with van der Waals surface area (Å²) in [5.41, 5.74) is 1.00. The minimum absolute atomic E-state index is 0.0363. The van der Waals surface area contributed by atoms with Crippen molar-refractivity contribution in [3.8, 4) is 0 Å². The molecule has 1 aromatic heterocycles. The van der Waals surface area contributed by atoms with E-state index in [1.54, 1.807) is 0 Å². The number of likely N-dealkylation sites (N-methyl/N-ethyl adjacent to an activating group) is 1. The van der Waals surface area contributed by atoms with Crippen LogP contribution in [0.5, 0.6) is 0 Å². The summed E-state index contributed by atoms with van der Waals surface area (Å²) in [6.45, 7) is 4.33. The standard InChI is InChI=1S/C11H15N3S/c1-11(2)9(13-10(15)14(11)3)8-6-4-5-7-12-8/h4-7,9H,1-3H3,(H,13,15)/t9-/m0/s1. The highest BCUT2D eigenvalue weighted by Gasteiger charge is 2.43. The van der Waals surface area contributed by atoms with Crippen LogP contribution < -0.4 is 5.32 Å². The molecule has 1 aliphatic rings. The van der Waals surface area contributed by atoms with Crippen molar-refractivity contribution in [1.29, 1.82) is 0 Å². The van der Waals surface area contributed by atoms with Crippen LogP contribution in [-0.2, 0) is 0 Å². The van der Waals surface area contributed by atoms with E-state index in [0.717, 1.165) is 10.8 Å². The molecule has 0 aliphatic carbocycles. The molecule has 0 amide bonds. The van der Waals surface area contributed by atoms with Gasteiger partial charge in [0.05, 0.1) is 17.3 Å². The maximum absolute atomic E-state index is 5.25. The maximum atomic E-state index is 5.25. The summed E-state index contributed by atoms with van der Waals surface area (Å²) in [7, 11) is 2.01. The van der Waals surface area contributed by atoms with Crippen molar-refractivity contribution in [2.24, 2.45) is 0 Å². The van der Waals surface area contributed by atoms with Crippen molar-refractivity contribution in [2.75, 3.05) is 7.05 Å². The Bertz CT molecular complexity index is 375. The highest BCUT2D eigenvalue weighted by Crippen LogP contribution is 2.34. The molecule has 3 nitrogen and oxygen atoms in total. The van der Waals surface area contributed by atoms with Gasteiger partial charge in [0.25, 0.3) is 0 Å². The van der Waals surface area contributed by atoms with Crippen LogP contribution in [0.4, 0.5) is 0 Å². The maximum Gasteiger partial charge on any atom is 0.169 e. The van der Waals surface area contributed by atoms with Crippen LogP contribution in [0.3, 0.4) is 0 Å². The fourth-order valence-corrected chi connectivity index (χ4v) is 2.19. The lowest BCUT2D eigenvalue weighted by molar-refractivity contribution is 0.245. The van der Waals surface area contributed by atoms with Crippen molar-refractivity contribution >= 4 is 17.3 Å². The Kier molecular flexibility index (Phi) is 2.38. The summed E-state index contributed by atoms with van der Waals surface area (Å²) in [6, 6.07) is 6.12. The van der Waals surface area contributed by atoms with E-state index in [9.17, 15) is 0 Å². The van der Waals surface area contributed by atoms with E-state index in [2.05, 4.69) is 29.0 Å². The fourth-order valence-electron chi connectivity index (χ4n) is 1.83. The van der Waals surface area contributed by atoms with E-state index in [0.29, 0.717) is 0 Å². The topological polar surface area (TPSA) is 28.2 Å². The minimum atomic E-state index is -0.0363. The molecule has 1 N–H and O–H groups in total. The van der Waals surface area contributed by atoms with Gasteiger partial charge in [0.2, 0.25) is 0 Å². The van der Waals surface area contributed by atoms with Crippen LogP contribution in [0.1, 0.15) is 25.6 Å². The highest BCUT2D eigenvalue weighted by atomic mass is 32.1. The Balaban J connectivity index is 2.36. The lowest BCUT2D eigenvalue weighted by Crippen LogP contribution is -2.40. The Labute approximate surface area is 95.5 Å². The number of nitrogens with one attached hydrogen (secondary N) is 1. The number of hydrogen-bond acceptors (Lipinski definition) is 2. The van der Waals surface area contributed by atoms with Gasteiger partial charge in [-0.05, 0) is 38.2 Å². The van der Waals surface area contributed by atoms with Crippen molar-refractivity contribution in [3.05, 3.63) is 30.1 Å². The summed E-state index contributed by atoms with van der Waals surface area (Å²) in [5, 5.41) is 4.09. The van der Waals surface area contributed by atoms with Crippen LogP contribution in [0.15, 0.2) is 24.4 Å². The lowest BCUT2D eigenvalue weighted by atomic mass is 9.92. The molecule has 1 fully saturated rings. The first-order chi connectivity index (χ1) is 7.03. The van der Waals surface area contributed by atoms with Crippen LogP contribution >= 0.6 is 12.2 Å². The summed E-state index contributed by atoms with van der Waals surface area (Å²) < 4.78 is 0. The second kappa shape index (κ2) is 3.45. The zero-order valence-corrected chi connectivity index (χ0v) is 10.0. The van der Waals surface area contributed by atoms with Gasteiger partial charge in [-0.3, -0.25) is 4.98 Å². The monoisotopic (exact) mass is 221 g/mol. The normalized spacial score (nSPS) is 24.1. The number of thiocarbonyl (C=S) groups is 1. The molecule has 1 saturated heterocycles. The Morgan fingerprint density at radius 1 is 1.47 bits per heavy atom. The molecular formula is C11H15N3S. The van der Waals surface area contributed by atoms with Gasteiger partial charge in [0, 0.05) is 13.2 Å². The minimum Gasteiger partial charge on any atom is -0.352 e. The third-order valence-electron chi connectivity index (χ3n) is 3.13. The number of hydrogen-bond donors (Lipinski definition) is 1. The van der Waals surface area contributed by atoms with Crippen molar-refractivity contribution in [1.82, 2.24) is 15.2 Å². The lowest BCUT2D eigenvalue weighted by Gasteiger charge is -2.31. The van der Waals surface area contributed by atoms with Crippen molar-refractivity contribution < 1.29 is 0 Å². The van der Waals surface area contributed by atoms with Crippen LogP contribution in [-0.4, -0.2) is 27.6 Å². The first-order valence-corrected chi connectivity index (χ1v) is 5.39. The number of pyridine rings is 1. The molecule has 0 spiro atoms. The molecule has 80 valence electrons. The smallest absolute Gasteiger partial charge is 0.169 e. The summed E-state index contributed by atoms with van der Waals surface area (Å²) in [6.07, 6.45) is 1.81. The van der Waals surface area contributed by atoms with Gasteiger partial charge >= 0.3 is 0 Å². The van der Waals surface area contributed by atoms with Crippen molar-refractivity contribution in [2.45, 2.75) is 25.4 Å². The van der Waals surface area contributed by atoms with Gasteiger partial charge in [0.1, 0.15) is 0 Å². The van der Waals surface area contributed by atoms with Crippen LogP contribution in [0, 0.1) is 0 Å². The number of aromatic nitrogens is 1. The summed E-state index contributed by atoms with van der Waals surface area (Å²) >= 11 is 5.25. The second-order valence-corrected chi connectivity index (χ2v) is 4.74. The van der Waals surface area contributed by atoms with E-state index in [4.69, 9.17) is 12.2 Å². The average molecular weight is 221 g/mol. The van der Waals surface area contributed by atoms with Crippen molar-refractivity contribution in [3.63, 3.8) is 0 Å². The Hall–Kier alpha value is -1.16. The molecule has 2 rings (SSSR count). The SMILES string of the molecule is CN1C(=S)N[C@@H](c2ccccn2)C1(C)C. The Morgan fingerprint density at radius 2 is 2.20 bits per heavy atom. The quantitative estimate of drug-likeness (QED) is 0.731. The van der Waals surface area contributed by atoms with Gasteiger partial charge in [0.15, 0.2) is 5.11 Å². The van der Waals surface area contributed by atoms with E-state index in [1.165, 1.54) is 0 Å². The third-order valence-corrected chi connectivity index (χ3v) is 3.52. The first kappa shape index (κ1) is 10.4. The second-order valence-electron chi connectivity index (χ2n) is 4.35. The molecule has 1 aromatic rings. The molecule has 1 aliphatic heterocycles. The predicted molar refractivity (Wildman–Crippen MR) is 64.6 cm³/mol. The van der Waals surface area contributed by atoms with Crippen LogP contribution in [0.25, 0.3) is 0 Å². The van der Waals surface area contributed by atoms with E-state index in [-0.39, 0.29) is 11.6 Å². The number of rotatable bonds is 1.